The van der Waals surface area contributed by atoms with E-state index in [0.717, 1.165) is 5.69 Å². The Hall–Kier alpha value is -1.30. The van der Waals surface area contributed by atoms with E-state index in [1.165, 1.54) is 11.3 Å². The fraction of sp³-hybridized carbons (Fsp3) is 0.357. The van der Waals surface area contributed by atoms with E-state index in [1.807, 2.05) is 34.8 Å². The van der Waals surface area contributed by atoms with Crippen LogP contribution in [0.2, 0.25) is 4.34 Å². The van der Waals surface area contributed by atoms with Crippen LogP contribution in [0.15, 0.2) is 30.5 Å². The number of aryl methyl sites for hydroxylation is 1. The summed E-state index contributed by atoms with van der Waals surface area (Å²) >= 11 is 7.24. The van der Waals surface area contributed by atoms with Crippen LogP contribution in [0.1, 0.15) is 21.4 Å². The molecule has 2 aromatic heterocycles. The number of amides is 1. The maximum atomic E-state index is 12.6. The molecule has 6 heteroatoms. The Kier molecular flexibility index (Phi) is 3.83. The van der Waals surface area contributed by atoms with Crippen LogP contribution in [-0.2, 0) is 11.8 Å². The smallest absolute Gasteiger partial charge is 0.264 e. The summed E-state index contributed by atoms with van der Waals surface area (Å²) in [4.78, 5) is 15.2. The lowest BCUT2D eigenvalue weighted by molar-refractivity contribution is -0.00437. The fourth-order valence-electron chi connectivity index (χ4n) is 2.48. The topological polar surface area (TPSA) is 34.5 Å². The second kappa shape index (κ2) is 5.60. The predicted molar refractivity (Wildman–Crippen MR) is 79.3 cm³/mol. The quantitative estimate of drug-likeness (QED) is 0.854. The van der Waals surface area contributed by atoms with Gasteiger partial charge in [-0.25, -0.2) is 0 Å². The summed E-state index contributed by atoms with van der Waals surface area (Å²) in [6.45, 7) is 1.71. The second-order valence-electron chi connectivity index (χ2n) is 4.74. The molecule has 1 fully saturated rings. The van der Waals surface area contributed by atoms with Crippen LogP contribution in [0.25, 0.3) is 0 Å². The Morgan fingerprint density at radius 2 is 2.30 bits per heavy atom. The maximum absolute atomic E-state index is 12.6. The van der Waals surface area contributed by atoms with Crippen molar-refractivity contribution in [1.29, 1.82) is 0 Å². The van der Waals surface area contributed by atoms with Gasteiger partial charge in [-0.05, 0) is 24.3 Å². The van der Waals surface area contributed by atoms with Gasteiger partial charge >= 0.3 is 0 Å². The van der Waals surface area contributed by atoms with Gasteiger partial charge in [0.15, 0.2) is 0 Å². The number of hydrogen-bond acceptors (Lipinski definition) is 3. The van der Waals surface area contributed by atoms with Crippen molar-refractivity contribution in [2.45, 2.75) is 6.04 Å². The van der Waals surface area contributed by atoms with Crippen molar-refractivity contribution >= 4 is 28.8 Å². The van der Waals surface area contributed by atoms with Gasteiger partial charge in [-0.2, -0.15) is 0 Å². The lowest BCUT2D eigenvalue weighted by atomic mass is 10.1. The van der Waals surface area contributed by atoms with E-state index in [1.54, 1.807) is 12.1 Å². The standard InChI is InChI=1S/C14H15ClN2O2S/c1-16-6-2-3-10(16)11-9-19-8-7-17(11)14(18)12-4-5-13(15)20-12/h2-6,11H,7-9H2,1H3/t11-/m1/s1. The number of rotatable bonds is 2. The van der Waals surface area contributed by atoms with Crippen molar-refractivity contribution in [1.82, 2.24) is 9.47 Å². The zero-order valence-corrected chi connectivity index (χ0v) is 12.7. The van der Waals surface area contributed by atoms with Crippen LogP contribution in [0, 0.1) is 0 Å². The number of morpholine rings is 1. The highest BCUT2D eigenvalue weighted by molar-refractivity contribution is 7.17. The molecule has 0 N–H and O–H groups in total. The molecule has 3 heterocycles. The number of carbonyl (C=O) groups excluding carboxylic acids is 1. The zero-order chi connectivity index (χ0) is 14.1. The average Bonchev–Trinajstić information content (AvgIpc) is 3.07. The van der Waals surface area contributed by atoms with Crippen LogP contribution in [-0.4, -0.2) is 35.1 Å². The summed E-state index contributed by atoms with van der Waals surface area (Å²) in [7, 11) is 1.98. The van der Waals surface area contributed by atoms with Crippen LogP contribution in [0.5, 0.6) is 0 Å². The van der Waals surface area contributed by atoms with E-state index in [2.05, 4.69) is 0 Å². The van der Waals surface area contributed by atoms with E-state index >= 15 is 0 Å². The van der Waals surface area contributed by atoms with Gasteiger partial charge in [-0.1, -0.05) is 11.6 Å². The summed E-state index contributed by atoms with van der Waals surface area (Å²) in [5.41, 5.74) is 1.08. The second-order valence-corrected chi connectivity index (χ2v) is 6.45. The van der Waals surface area contributed by atoms with Crippen molar-refractivity contribution in [2.24, 2.45) is 7.05 Å². The van der Waals surface area contributed by atoms with Crippen LogP contribution in [0.3, 0.4) is 0 Å². The van der Waals surface area contributed by atoms with Crippen LogP contribution in [0.4, 0.5) is 0 Å². The SMILES string of the molecule is Cn1cccc1[C@H]1COCCN1C(=O)c1ccc(Cl)s1. The van der Waals surface area contributed by atoms with E-state index in [9.17, 15) is 4.79 Å². The molecule has 20 heavy (non-hydrogen) atoms. The highest BCUT2D eigenvalue weighted by Gasteiger charge is 2.31. The van der Waals surface area contributed by atoms with E-state index in [-0.39, 0.29) is 11.9 Å². The Bertz CT molecular complexity index is 622. The van der Waals surface area contributed by atoms with Gasteiger partial charge in [0.25, 0.3) is 5.91 Å². The van der Waals surface area contributed by atoms with Crippen molar-refractivity contribution in [3.63, 3.8) is 0 Å². The number of carbonyl (C=O) groups is 1. The molecule has 1 amide bonds. The lowest BCUT2D eigenvalue weighted by Gasteiger charge is -2.35. The molecule has 0 bridgehead atoms. The molecule has 0 spiro atoms. The van der Waals surface area contributed by atoms with Crippen molar-refractivity contribution in [3.05, 3.63) is 45.4 Å². The van der Waals surface area contributed by atoms with Crippen LogP contribution >= 0.6 is 22.9 Å². The van der Waals surface area contributed by atoms with Crippen LogP contribution < -0.4 is 0 Å². The number of nitrogens with zero attached hydrogens (tertiary/aromatic N) is 2. The van der Waals surface area contributed by atoms with Gasteiger partial charge in [0.05, 0.1) is 28.5 Å². The first-order chi connectivity index (χ1) is 9.66. The Morgan fingerprint density at radius 1 is 1.45 bits per heavy atom. The summed E-state index contributed by atoms with van der Waals surface area (Å²) in [5, 5.41) is 0. The molecule has 3 rings (SSSR count). The third-order valence-corrected chi connectivity index (χ3v) is 4.72. The first kappa shape index (κ1) is 13.7. The zero-order valence-electron chi connectivity index (χ0n) is 11.1. The highest BCUT2D eigenvalue weighted by atomic mass is 35.5. The number of thiophene rings is 1. The van der Waals surface area contributed by atoms with E-state index in [0.29, 0.717) is 29.0 Å². The molecule has 2 aromatic rings. The molecule has 106 valence electrons. The van der Waals surface area contributed by atoms with Gasteiger partial charge in [0.2, 0.25) is 0 Å². The first-order valence-electron chi connectivity index (χ1n) is 6.42. The third kappa shape index (κ3) is 2.49. The summed E-state index contributed by atoms with van der Waals surface area (Å²) in [5.74, 6) is 0.0244. The van der Waals surface area contributed by atoms with Gasteiger partial charge in [0, 0.05) is 25.5 Å². The Morgan fingerprint density at radius 3 is 2.95 bits per heavy atom. The fourth-order valence-corrected chi connectivity index (χ4v) is 3.48. The number of aromatic nitrogens is 1. The third-order valence-electron chi connectivity index (χ3n) is 3.50. The summed E-state index contributed by atoms with van der Waals surface area (Å²) < 4.78 is 8.22. The molecule has 0 saturated carbocycles. The molecular formula is C14H15ClN2O2S. The molecule has 0 aromatic carbocycles. The largest absolute Gasteiger partial charge is 0.377 e. The minimum atomic E-state index is -0.0443. The monoisotopic (exact) mass is 310 g/mol. The average molecular weight is 311 g/mol. The van der Waals surface area contributed by atoms with Crippen molar-refractivity contribution in [2.75, 3.05) is 19.8 Å². The minimum Gasteiger partial charge on any atom is -0.377 e. The van der Waals surface area contributed by atoms with Crippen molar-refractivity contribution in [3.8, 4) is 0 Å². The van der Waals surface area contributed by atoms with Gasteiger partial charge in [-0.15, -0.1) is 11.3 Å². The molecule has 0 unspecified atom stereocenters. The Balaban J connectivity index is 1.89. The molecule has 1 saturated heterocycles. The van der Waals surface area contributed by atoms with Crippen molar-refractivity contribution < 1.29 is 9.53 Å². The lowest BCUT2D eigenvalue weighted by Crippen LogP contribution is -2.43. The molecule has 1 aliphatic rings. The van der Waals surface area contributed by atoms with Gasteiger partial charge in [-0.3, -0.25) is 4.79 Å². The highest BCUT2D eigenvalue weighted by Crippen LogP contribution is 2.29. The predicted octanol–water partition coefficient (Wildman–Crippen LogP) is 2.95. The molecule has 0 aliphatic carbocycles. The van der Waals surface area contributed by atoms with E-state index < -0.39 is 0 Å². The summed E-state index contributed by atoms with van der Waals surface area (Å²) in [6, 6.07) is 7.51. The molecular weight excluding hydrogens is 296 g/mol. The number of hydrogen-bond donors (Lipinski definition) is 0. The van der Waals surface area contributed by atoms with Gasteiger partial charge in [0.1, 0.15) is 0 Å². The molecule has 0 radical (unpaired) electrons. The Labute approximate surface area is 126 Å². The molecule has 1 aliphatic heterocycles. The van der Waals surface area contributed by atoms with Gasteiger partial charge < -0.3 is 14.2 Å². The summed E-state index contributed by atoms with van der Waals surface area (Å²) in [6.07, 6.45) is 1.98. The maximum Gasteiger partial charge on any atom is 0.264 e. The minimum absolute atomic E-state index is 0.0244. The number of halogens is 1. The normalized spacial score (nSPS) is 19.3. The first-order valence-corrected chi connectivity index (χ1v) is 7.61. The molecule has 4 nitrogen and oxygen atoms in total. The van der Waals surface area contributed by atoms with E-state index in [4.69, 9.17) is 16.3 Å². The molecule has 1 atom stereocenters. The number of ether oxygens (including phenoxy) is 1.